The van der Waals surface area contributed by atoms with Gasteiger partial charge in [-0.1, -0.05) is 61.2 Å². The summed E-state index contributed by atoms with van der Waals surface area (Å²) < 4.78 is 0. The van der Waals surface area contributed by atoms with Gasteiger partial charge in [0.1, 0.15) is 0 Å². The van der Waals surface area contributed by atoms with Crippen molar-refractivity contribution in [3.63, 3.8) is 0 Å². The molecule has 0 amide bonds. The molecule has 0 spiro atoms. The lowest BCUT2D eigenvalue weighted by molar-refractivity contribution is 1.35. The van der Waals surface area contributed by atoms with Crippen molar-refractivity contribution in [2.24, 2.45) is 0 Å². The first-order chi connectivity index (χ1) is 8.10. The first-order valence-corrected chi connectivity index (χ1v) is 5.82. The Labute approximate surface area is 104 Å². The molecule has 0 unspecified atom stereocenters. The van der Waals surface area contributed by atoms with Gasteiger partial charge in [-0.2, -0.15) is 0 Å². The minimum Gasteiger partial charge on any atom is -0.0988 e. The predicted octanol–water partition coefficient (Wildman–Crippen LogP) is 3.35. The molecule has 0 nitrogen and oxygen atoms in total. The zero-order valence-corrected chi connectivity index (χ0v) is 11.0. The maximum atomic E-state index is 4.15. The molecule has 0 saturated carbocycles. The molecular formula is C17H20. The number of rotatable bonds is 3. The van der Waals surface area contributed by atoms with Gasteiger partial charge in [0.15, 0.2) is 0 Å². The van der Waals surface area contributed by atoms with E-state index in [1.54, 1.807) is 0 Å². The van der Waals surface area contributed by atoms with Crippen LogP contribution in [0.2, 0.25) is 0 Å². The van der Waals surface area contributed by atoms with Crippen molar-refractivity contribution in [2.45, 2.75) is 20.8 Å². The average molecular weight is 224 g/mol. The topological polar surface area (TPSA) is 0 Å². The van der Waals surface area contributed by atoms with Crippen LogP contribution in [0.4, 0.5) is 0 Å². The lowest BCUT2D eigenvalue weighted by Gasteiger charge is -2.03. The summed E-state index contributed by atoms with van der Waals surface area (Å²) >= 11 is 0. The van der Waals surface area contributed by atoms with Crippen molar-refractivity contribution in [3.05, 3.63) is 64.1 Å². The maximum absolute atomic E-state index is 4.15. The Morgan fingerprint density at radius 2 is 2.00 bits per heavy atom. The van der Waals surface area contributed by atoms with Gasteiger partial charge in [-0.15, -0.1) is 0 Å². The summed E-state index contributed by atoms with van der Waals surface area (Å²) in [6.45, 7) is 14.1. The molecule has 0 aliphatic carbocycles. The lowest BCUT2D eigenvalue weighted by Crippen LogP contribution is -2.26. The van der Waals surface area contributed by atoms with Crippen molar-refractivity contribution in [2.75, 3.05) is 0 Å². The van der Waals surface area contributed by atoms with Crippen LogP contribution < -0.4 is 10.4 Å². The quantitative estimate of drug-likeness (QED) is 0.691. The van der Waals surface area contributed by atoms with Gasteiger partial charge in [-0.3, -0.25) is 0 Å². The van der Waals surface area contributed by atoms with E-state index >= 15 is 0 Å². The standard InChI is InChI=1S/C17H20/c1-6-8-9-16-10-11-17(12-13(3)7-2)15(5)14(16)4/h6-12H,2,4H2,1,3,5H3/b8-6-,13-12-,16-9-. The summed E-state index contributed by atoms with van der Waals surface area (Å²) in [7, 11) is 0. The highest BCUT2D eigenvalue weighted by molar-refractivity contribution is 5.59. The Balaban J connectivity index is 3.39. The molecule has 1 aromatic rings. The highest BCUT2D eigenvalue weighted by atomic mass is 14.0. The normalized spacial score (nSPS) is 13.4. The third-order valence-electron chi connectivity index (χ3n) is 2.85. The molecule has 17 heavy (non-hydrogen) atoms. The van der Waals surface area contributed by atoms with E-state index in [9.17, 15) is 0 Å². The molecule has 0 saturated heterocycles. The molecular weight excluding hydrogens is 204 g/mol. The third-order valence-corrected chi connectivity index (χ3v) is 2.85. The summed E-state index contributed by atoms with van der Waals surface area (Å²) in [5.41, 5.74) is 3.60. The fraction of sp³-hybridized carbons (Fsp3) is 0.176. The zero-order chi connectivity index (χ0) is 12.8. The number of allylic oxidation sites excluding steroid dienone is 4. The molecule has 0 aliphatic heterocycles. The van der Waals surface area contributed by atoms with Crippen LogP contribution in [0.3, 0.4) is 0 Å². The van der Waals surface area contributed by atoms with E-state index in [1.807, 2.05) is 25.2 Å². The van der Waals surface area contributed by atoms with Crippen LogP contribution in [0.1, 0.15) is 25.0 Å². The van der Waals surface area contributed by atoms with Crippen molar-refractivity contribution < 1.29 is 0 Å². The Kier molecular flexibility index (Phi) is 4.71. The van der Waals surface area contributed by atoms with Gasteiger partial charge in [0, 0.05) is 0 Å². The summed E-state index contributed by atoms with van der Waals surface area (Å²) in [5, 5.41) is 2.27. The molecule has 1 rings (SSSR count). The second-order valence-electron chi connectivity index (χ2n) is 4.13. The molecule has 0 atom stereocenters. The van der Waals surface area contributed by atoms with E-state index in [0.717, 1.165) is 10.8 Å². The molecule has 0 heteroatoms. The molecule has 0 aromatic heterocycles. The molecule has 0 heterocycles. The first-order valence-electron chi connectivity index (χ1n) is 5.82. The van der Waals surface area contributed by atoms with Crippen LogP contribution in [0, 0.1) is 6.92 Å². The van der Waals surface area contributed by atoms with E-state index < -0.39 is 0 Å². The monoisotopic (exact) mass is 224 g/mol. The van der Waals surface area contributed by atoms with Gasteiger partial charge in [0.2, 0.25) is 0 Å². The minimum atomic E-state index is 1.09. The molecule has 1 aromatic carbocycles. The van der Waals surface area contributed by atoms with Gasteiger partial charge in [-0.05, 0) is 42.3 Å². The zero-order valence-electron chi connectivity index (χ0n) is 11.0. The number of hydrogen-bond donors (Lipinski definition) is 0. The summed E-state index contributed by atoms with van der Waals surface area (Å²) in [5.74, 6) is 0. The second-order valence-corrected chi connectivity index (χ2v) is 4.13. The predicted molar refractivity (Wildman–Crippen MR) is 79.1 cm³/mol. The van der Waals surface area contributed by atoms with Crippen molar-refractivity contribution in [3.8, 4) is 0 Å². The smallest absolute Gasteiger partial charge is 0.0187 e. The Morgan fingerprint density at radius 3 is 2.59 bits per heavy atom. The van der Waals surface area contributed by atoms with Crippen molar-refractivity contribution in [1.29, 1.82) is 0 Å². The largest absolute Gasteiger partial charge is 0.0988 e. The van der Waals surface area contributed by atoms with E-state index in [4.69, 9.17) is 0 Å². The van der Waals surface area contributed by atoms with Gasteiger partial charge in [-0.25, -0.2) is 0 Å². The number of hydrogen-bond acceptors (Lipinski definition) is 0. The van der Waals surface area contributed by atoms with Crippen LogP contribution in [0.5, 0.6) is 0 Å². The Morgan fingerprint density at radius 1 is 1.29 bits per heavy atom. The van der Waals surface area contributed by atoms with Gasteiger partial charge < -0.3 is 0 Å². The summed E-state index contributed by atoms with van der Waals surface area (Å²) in [6, 6.07) is 4.24. The van der Waals surface area contributed by atoms with Gasteiger partial charge in [0.05, 0.1) is 0 Å². The molecule has 0 N–H and O–H groups in total. The SMILES string of the molecule is C=C/C(C)=C\c1cc/c(=C/C=C\C)c(=C)c1C. The highest BCUT2D eigenvalue weighted by Gasteiger charge is 1.96. The lowest BCUT2D eigenvalue weighted by atomic mass is 10.0. The Bertz CT molecular complexity index is 569. The van der Waals surface area contributed by atoms with Gasteiger partial charge in [0.25, 0.3) is 0 Å². The fourth-order valence-corrected chi connectivity index (χ4v) is 1.61. The summed E-state index contributed by atoms with van der Waals surface area (Å²) in [6.07, 6.45) is 10.1. The molecule has 0 bridgehead atoms. The third kappa shape index (κ3) is 3.32. The fourth-order valence-electron chi connectivity index (χ4n) is 1.61. The Hall–Kier alpha value is -1.82. The molecule has 88 valence electrons. The van der Waals surface area contributed by atoms with Crippen LogP contribution in [-0.2, 0) is 0 Å². The van der Waals surface area contributed by atoms with E-state index in [-0.39, 0.29) is 0 Å². The van der Waals surface area contributed by atoms with E-state index in [2.05, 4.69) is 51.3 Å². The van der Waals surface area contributed by atoms with Crippen LogP contribution in [-0.4, -0.2) is 0 Å². The molecule has 0 aliphatic rings. The maximum Gasteiger partial charge on any atom is -0.0187 e. The first kappa shape index (κ1) is 13.2. The van der Waals surface area contributed by atoms with Crippen LogP contribution >= 0.6 is 0 Å². The van der Waals surface area contributed by atoms with E-state index in [1.165, 1.54) is 16.3 Å². The minimum absolute atomic E-state index is 1.09. The average Bonchev–Trinajstić information content (AvgIpc) is 2.34. The van der Waals surface area contributed by atoms with Crippen LogP contribution in [0.15, 0.2) is 42.5 Å². The molecule has 0 fully saturated rings. The number of benzene rings is 1. The van der Waals surface area contributed by atoms with E-state index in [0.29, 0.717) is 0 Å². The van der Waals surface area contributed by atoms with Gasteiger partial charge >= 0.3 is 0 Å². The second kappa shape index (κ2) is 6.05. The summed E-state index contributed by atoms with van der Waals surface area (Å²) in [4.78, 5) is 0. The van der Waals surface area contributed by atoms with Crippen molar-refractivity contribution >= 4 is 18.7 Å². The van der Waals surface area contributed by atoms with Crippen molar-refractivity contribution in [1.82, 2.24) is 0 Å². The molecule has 0 radical (unpaired) electrons. The highest BCUT2D eigenvalue weighted by Crippen LogP contribution is 2.07. The van der Waals surface area contributed by atoms with Crippen LogP contribution in [0.25, 0.3) is 18.7 Å².